The van der Waals surface area contributed by atoms with Crippen LogP contribution in [0.15, 0.2) is 30.3 Å². The van der Waals surface area contributed by atoms with E-state index < -0.39 is 17.5 Å². The third-order valence-electron chi connectivity index (χ3n) is 3.10. The summed E-state index contributed by atoms with van der Waals surface area (Å²) in [4.78, 5) is 3.96. The highest BCUT2D eigenvalue weighted by Crippen LogP contribution is 2.30. The molecule has 0 unspecified atom stereocenters. The summed E-state index contributed by atoms with van der Waals surface area (Å²) in [6, 6.07) is 7.79. The number of hydrogen-bond acceptors (Lipinski definition) is 4. The van der Waals surface area contributed by atoms with Crippen LogP contribution in [0.4, 0.5) is 18.9 Å². The van der Waals surface area contributed by atoms with Crippen molar-refractivity contribution in [1.82, 2.24) is 4.98 Å². The van der Waals surface area contributed by atoms with E-state index in [1.54, 1.807) is 13.2 Å². The summed E-state index contributed by atoms with van der Waals surface area (Å²) in [5, 5.41) is 3.53. The molecule has 3 rings (SSSR count). The number of thiazole rings is 1. The third-order valence-corrected chi connectivity index (χ3v) is 4.16. The molecule has 0 saturated carbocycles. The van der Waals surface area contributed by atoms with Crippen LogP contribution in [0.5, 0.6) is 5.75 Å². The number of fused-ring (bicyclic) bond motifs is 1. The Morgan fingerprint density at radius 2 is 1.95 bits per heavy atom. The lowest BCUT2D eigenvalue weighted by Crippen LogP contribution is -2.00. The van der Waals surface area contributed by atoms with Gasteiger partial charge in [0.05, 0.1) is 24.0 Å². The van der Waals surface area contributed by atoms with E-state index in [-0.39, 0.29) is 16.8 Å². The van der Waals surface area contributed by atoms with E-state index in [1.807, 2.05) is 18.2 Å². The molecule has 0 bridgehead atoms. The van der Waals surface area contributed by atoms with Gasteiger partial charge in [-0.2, -0.15) is 0 Å². The monoisotopic (exact) mass is 324 g/mol. The molecule has 0 saturated heterocycles. The van der Waals surface area contributed by atoms with Crippen LogP contribution in [0.3, 0.4) is 0 Å². The lowest BCUT2D eigenvalue weighted by atomic mass is 10.3. The average Bonchev–Trinajstić information content (AvgIpc) is 2.96. The topological polar surface area (TPSA) is 34.1 Å². The number of nitrogens with one attached hydrogen (secondary N) is 1. The van der Waals surface area contributed by atoms with E-state index in [1.165, 1.54) is 0 Å². The van der Waals surface area contributed by atoms with Crippen LogP contribution in [0.25, 0.3) is 10.2 Å². The molecule has 3 nitrogen and oxygen atoms in total. The normalized spacial score (nSPS) is 10.9. The Kier molecular flexibility index (Phi) is 3.89. The van der Waals surface area contributed by atoms with Crippen LogP contribution >= 0.6 is 11.3 Å². The first-order chi connectivity index (χ1) is 10.6. The van der Waals surface area contributed by atoms with E-state index in [0.29, 0.717) is 16.8 Å². The first-order valence-corrected chi connectivity index (χ1v) is 7.21. The predicted octanol–water partition coefficient (Wildman–Crippen LogP) is 4.33. The maximum Gasteiger partial charge on any atom is 0.186 e. The van der Waals surface area contributed by atoms with E-state index in [9.17, 15) is 13.2 Å². The number of methoxy groups -OCH3 is 1. The fourth-order valence-electron chi connectivity index (χ4n) is 2.07. The van der Waals surface area contributed by atoms with Gasteiger partial charge in [0.15, 0.2) is 11.6 Å². The summed E-state index contributed by atoms with van der Waals surface area (Å²) in [7, 11) is 1.55. The molecule has 0 radical (unpaired) electrons. The number of nitrogens with zero attached hydrogens (tertiary/aromatic N) is 1. The van der Waals surface area contributed by atoms with Gasteiger partial charge in [-0.3, -0.25) is 0 Å². The lowest BCUT2D eigenvalue weighted by Gasteiger charge is -2.09. The molecule has 1 aromatic heterocycles. The lowest BCUT2D eigenvalue weighted by molar-refractivity contribution is 0.416. The van der Waals surface area contributed by atoms with Crippen molar-refractivity contribution in [2.75, 3.05) is 12.4 Å². The Morgan fingerprint density at radius 1 is 1.18 bits per heavy atom. The van der Waals surface area contributed by atoms with Crippen molar-refractivity contribution in [1.29, 1.82) is 0 Å². The van der Waals surface area contributed by atoms with E-state index >= 15 is 0 Å². The maximum atomic E-state index is 13.6. The van der Waals surface area contributed by atoms with E-state index in [4.69, 9.17) is 4.74 Å². The zero-order valence-electron chi connectivity index (χ0n) is 11.5. The number of hydrogen-bond donors (Lipinski definition) is 1. The highest BCUT2D eigenvalue weighted by molar-refractivity contribution is 7.18. The van der Waals surface area contributed by atoms with Gasteiger partial charge in [-0.1, -0.05) is 12.1 Å². The molecule has 22 heavy (non-hydrogen) atoms. The van der Waals surface area contributed by atoms with Crippen molar-refractivity contribution >= 4 is 27.2 Å². The molecule has 1 N–H and O–H groups in total. The Bertz CT molecular complexity index is 835. The maximum absolute atomic E-state index is 13.6. The second-order valence-corrected chi connectivity index (χ2v) is 5.58. The summed E-state index contributed by atoms with van der Waals surface area (Å²) in [5.41, 5.74) is 0.454. The third kappa shape index (κ3) is 2.59. The predicted molar refractivity (Wildman–Crippen MR) is 79.8 cm³/mol. The summed E-state index contributed by atoms with van der Waals surface area (Å²) in [6.07, 6.45) is 0. The second-order valence-electron chi connectivity index (χ2n) is 4.49. The van der Waals surface area contributed by atoms with Crippen molar-refractivity contribution in [3.05, 3.63) is 52.8 Å². The van der Waals surface area contributed by atoms with Crippen molar-refractivity contribution in [2.24, 2.45) is 0 Å². The van der Waals surface area contributed by atoms with Crippen LogP contribution in [-0.2, 0) is 6.54 Å². The molecule has 2 aromatic carbocycles. The van der Waals surface area contributed by atoms with Crippen LogP contribution in [-0.4, -0.2) is 12.1 Å². The van der Waals surface area contributed by atoms with Gasteiger partial charge >= 0.3 is 0 Å². The van der Waals surface area contributed by atoms with Crippen molar-refractivity contribution < 1.29 is 17.9 Å². The molecule has 0 aliphatic rings. The zero-order valence-corrected chi connectivity index (χ0v) is 12.3. The minimum absolute atomic E-state index is 0.00993. The molecule has 0 fully saturated rings. The van der Waals surface area contributed by atoms with Gasteiger partial charge in [0.1, 0.15) is 22.1 Å². The first kappa shape index (κ1) is 14.6. The number of halogens is 3. The van der Waals surface area contributed by atoms with Gasteiger partial charge in [-0.25, -0.2) is 18.2 Å². The molecule has 3 aromatic rings. The Balaban J connectivity index is 1.89. The second kappa shape index (κ2) is 5.84. The Labute approximate surface area is 128 Å². The molecular weight excluding hydrogens is 313 g/mol. The number of anilines is 1. The molecular formula is C15H11F3N2OS. The van der Waals surface area contributed by atoms with Gasteiger partial charge in [0.25, 0.3) is 0 Å². The number of para-hydroxylation sites is 2. The zero-order chi connectivity index (χ0) is 15.7. The smallest absolute Gasteiger partial charge is 0.186 e. The van der Waals surface area contributed by atoms with Crippen molar-refractivity contribution in [2.45, 2.75) is 6.54 Å². The van der Waals surface area contributed by atoms with Gasteiger partial charge in [0.2, 0.25) is 0 Å². The fourth-order valence-corrected chi connectivity index (χ4v) is 2.97. The van der Waals surface area contributed by atoms with Crippen LogP contribution in [0.2, 0.25) is 0 Å². The minimum atomic E-state index is -1.24. The molecule has 7 heteroatoms. The number of benzene rings is 2. The minimum Gasteiger partial charge on any atom is -0.495 e. The molecule has 0 atom stereocenters. The number of rotatable bonds is 4. The quantitative estimate of drug-likeness (QED) is 0.725. The summed E-state index contributed by atoms with van der Waals surface area (Å²) >= 11 is 0.983. The van der Waals surface area contributed by atoms with Gasteiger partial charge < -0.3 is 10.1 Å². The highest BCUT2D eigenvalue weighted by atomic mass is 32.1. The molecule has 0 aliphatic heterocycles. The Morgan fingerprint density at radius 3 is 2.73 bits per heavy atom. The summed E-state index contributed by atoms with van der Waals surface area (Å²) in [6.45, 7) is 0.250. The van der Waals surface area contributed by atoms with Crippen molar-refractivity contribution in [3.63, 3.8) is 0 Å². The molecule has 1 heterocycles. The molecule has 114 valence electrons. The fraction of sp³-hybridized carbons (Fsp3) is 0.133. The Hall–Kier alpha value is -2.28. The average molecular weight is 324 g/mol. The molecule has 0 spiro atoms. The van der Waals surface area contributed by atoms with Crippen molar-refractivity contribution in [3.8, 4) is 5.75 Å². The van der Waals surface area contributed by atoms with Gasteiger partial charge in [0, 0.05) is 6.07 Å². The SMILES string of the molecule is COc1ccccc1NCc1nc2c(F)c(F)cc(F)c2s1. The largest absolute Gasteiger partial charge is 0.495 e. The standard InChI is InChI=1S/C15H11F3N2OS/c1-21-11-5-3-2-4-10(11)19-7-12-20-14-13(18)8(16)6-9(17)15(14)22-12/h2-6,19H,7H2,1H3. The van der Waals surface area contributed by atoms with Gasteiger partial charge in [-0.15, -0.1) is 11.3 Å². The molecule has 0 aliphatic carbocycles. The van der Waals surface area contributed by atoms with E-state index in [2.05, 4.69) is 10.3 Å². The van der Waals surface area contributed by atoms with Gasteiger partial charge in [-0.05, 0) is 12.1 Å². The first-order valence-electron chi connectivity index (χ1n) is 6.40. The number of ether oxygens (including phenoxy) is 1. The summed E-state index contributed by atoms with van der Waals surface area (Å²) < 4.78 is 45.7. The summed E-state index contributed by atoms with van der Waals surface area (Å²) in [5.74, 6) is -2.53. The van der Waals surface area contributed by atoms with Crippen LogP contribution < -0.4 is 10.1 Å². The van der Waals surface area contributed by atoms with Crippen LogP contribution in [0.1, 0.15) is 5.01 Å². The van der Waals surface area contributed by atoms with Crippen LogP contribution in [0, 0.1) is 17.5 Å². The highest BCUT2D eigenvalue weighted by Gasteiger charge is 2.17. The van der Waals surface area contributed by atoms with E-state index in [0.717, 1.165) is 17.0 Å². The number of aromatic nitrogens is 1. The molecule has 0 amide bonds.